The van der Waals surface area contributed by atoms with Gasteiger partial charge in [-0.15, -0.1) is 0 Å². The third kappa shape index (κ3) is 85.1. The lowest BCUT2D eigenvalue weighted by molar-refractivity contribution is -0.161. The van der Waals surface area contributed by atoms with Crippen molar-refractivity contribution in [2.24, 2.45) is 0 Å². The Hall–Kier alpha value is -5.61. The molecule has 0 aliphatic rings. The quantitative estimate of drug-likeness (QED) is 0.0146. The summed E-state index contributed by atoms with van der Waals surface area (Å²) < 4.78 is 61.1. The Balaban J connectivity index is 4.56. The van der Waals surface area contributed by atoms with Crippen molar-refractivity contribution < 1.29 is 75.8 Å². The largest absolute Gasteiger partial charge is 0.472 e. The highest BCUT2D eigenvalue weighted by molar-refractivity contribution is 7.47. The van der Waals surface area contributed by atoms with Crippen LogP contribution in [0.2, 0.25) is 0 Å². The summed E-state index contributed by atoms with van der Waals surface area (Å²) in [6.45, 7) is 2.28. The zero-order chi connectivity index (χ0) is 80.8. The molecule has 0 fully saturated rings. The zero-order valence-electron chi connectivity index (χ0n) is 69.1. The molecule has 0 rings (SSSR count). The first-order valence-corrected chi connectivity index (χ1v) is 45.7. The average Bonchev–Trinajstić information content (AvgIpc) is 0.902. The van der Waals surface area contributed by atoms with Gasteiger partial charge in [0.25, 0.3) is 0 Å². The lowest BCUT2D eigenvalue weighted by atomic mass is 10.0. The van der Waals surface area contributed by atoms with Crippen LogP contribution < -0.4 is 0 Å². The van der Waals surface area contributed by atoms with Crippen LogP contribution in [0.1, 0.15) is 316 Å². The number of phosphoric ester groups is 2. The molecule has 16 nitrogen and oxygen atoms in total. The second-order valence-corrected chi connectivity index (χ2v) is 30.8. The predicted octanol–water partition coefficient (Wildman–Crippen LogP) is 25.9. The fourth-order valence-electron chi connectivity index (χ4n) is 10.9. The summed E-state index contributed by atoms with van der Waals surface area (Å²) in [6, 6.07) is 0. The molecule has 0 aliphatic heterocycles. The molecule has 0 saturated heterocycles. The van der Waals surface area contributed by atoms with Gasteiger partial charge in [-0.1, -0.05) is 337 Å². The number of hydrogen-bond acceptors (Lipinski definition) is 14. The Kier molecular flexibility index (Phi) is 79.6. The van der Waals surface area contributed by atoms with Gasteiger partial charge in [0.2, 0.25) is 0 Å². The van der Waals surface area contributed by atoms with Gasteiger partial charge in [-0.25, -0.2) is 9.13 Å². The van der Waals surface area contributed by atoms with Crippen molar-refractivity contribution in [3.63, 3.8) is 0 Å². The highest BCUT2D eigenvalue weighted by atomic mass is 31.2. The molecule has 111 heavy (non-hydrogen) atoms. The maximum Gasteiger partial charge on any atom is 0.472 e. The van der Waals surface area contributed by atoms with Gasteiger partial charge in [-0.2, -0.15) is 0 Å². The summed E-state index contributed by atoms with van der Waals surface area (Å²) in [4.78, 5) is 58.7. The average molecular weight is 1590 g/mol. The van der Waals surface area contributed by atoms with Gasteiger partial charge in [-0.05, 0) is 154 Å². The Morgan fingerprint density at radius 2 is 0.495 bits per heavy atom. The SMILES string of the molecule is CC/C=C\C/C=C\C/C=C\C/C=C\C/C=C\C/C=C\CCCCC(=O)OCC(COP(=O)(O)OCC(O)COP(=O)(O)OCC(O)COC(=O)CCCCCCCCCCCCCCCCCCCCC/C=C\C/C=C\C/C=C\C/C=C\CCCCC)OC(=O)CC/C=C\C/C=C\C/C=C\C/C=C\C/C=C\C/C=C\CC. The van der Waals surface area contributed by atoms with Crippen LogP contribution in [0.4, 0.5) is 0 Å². The molecule has 0 aromatic heterocycles. The van der Waals surface area contributed by atoms with E-state index in [1.54, 1.807) is 0 Å². The van der Waals surface area contributed by atoms with E-state index in [2.05, 4.69) is 197 Å². The number of carbonyl (C=O) groups excluding carboxylic acids is 3. The molecule has 0 bridgehead atoms. The highest BCUT2D eigenvalue weighted by Gasteiger charge is 2.29. The van der Waals surface area contributed by atoms with Crippen LogP contribution in [0.5, 0.6) is 0 Å². The van der Waals surface area contributed by atoms with E-state index in [0.717, 1.165) is 122 Å². The van der Waals surface area contributed by atoms with E-state index in [4.69, 9.17) is 32.3 Å². The molecule has 0 heterocycles. The molecule has 0 aliphatic carbocycles. The van der Waals surface area contributed by atoms with E-state index >= 15 is 0 Å². The number of unbranched alkanes of at least 4 members (excludes halogenated alkanes) is 24. The Morgan fingerprint density at radius 1 is 0.261 bits per heavy atom. The standard InChI is InChI=1S/C93H152O16P2/c1-4-7-10-13-16-19-22-25-28-31-34-36-37-38-39-40-41-42-43-44-45-46-47-48-49-51-54-55-58-61-64-67-70-73-76-79-91(96)103-82-88(94)83-105-110(99,100)106-84-89(95)85-107-111(101,102)108-87-90(109-93(98)81-78-75-72-69-66-63-60-57-52-33-30-27-24-21-18-15-12-9-6-3)86-104-92(97)80-77-74-71-68-65-62-59-56-53-50-35-32-29-26-23-20-17-14-11-8-5-2/h8-9,11-12,16-21,25-30,34-36,38-39,50,52,56-57,59,63,65-66,68,72,75,88-90,94-95H,4-7,10,13-15,22-24,31-33,37,40-49,51,53-55,58,60-62,64,67,69-71,73-74,76-87H2,1-3H3,(H,99,100)(H,101,102)/b11-8-,12-9-,19-16-,20-17-,21-18-,28-25-,29-26-,30-27-,36-34-,39-38-,50-35-,57-52-,59-56-,66-63-,68-65-,75-72-. The number of phosphoric acid groups is 2. The minimum absolute atomic E-state index is 0.0383. The molecule has 630 valence electrons. The number of aliphatic hydroxyl groups is 2. The maximum atomic E-state index is 13.0. The molecular formula is C93H152O16P2. The van der Waals surface area contributed by atoms with Crippen molar-refractivity contribution >= 4 is 33.6 Å². The van der Waals surface area contributed by atoms with Gasteiger partial charge in [0.05, 0.1) is 26.4 Å². The van der Waals surface area contributed by atoms with Crippen LogP contribution in [0.25, 0.3) is 0 Å². The van der Waals surface area contributed by atoms with Gasteiger partial charge in [0, 0.05) is 19.3 Å². The number of rotatable bonds is 79. The molecule has 18 heteroatoms. The van der Waals surface area contributed by atoms with Crippen molar-refractivity contribution in [1.82, 2.24) is 0 Å². The predicted molar refractivity (Wildman–Crippen MR) is 463 cm³/mol. The van der Waals surface area contributed by atoms with Crippen LogP contribution >= 0.6 is 15.6 Å². The number of ether oxygens (including phenoxy) is 3. The second-order valence-electron chi connectivity index (χ2n) is 27.9. The van der Waals surface area contributed by atoms with Crippen molar-refractivity contribution in [3.05, 3.63) is 194 Å². The molecular weight excluding hydrogens is 1430 g/mol. The summed E-state index contributed by atoms with van der Waals surface area (Å²) in [5.74, 6) is -1.73. The first kappa shape index (κ1) is 105. The Labute approximate surface area is 674 Å². The Morgan fingerprint density at radius 3 is 0.811 bits per heavy atom. The zero-order valence-corrected chi connectivity index (χ0v) is 70.8. The number of esters is 3. The number of aliphatic hydroxyl groups excluding tert-OH is 2. The number of carbonyl (C=O) groups is 3. The normalized spacial score (nSPS) is 14.8. The summed E-state index contributed by atoms with van der Waals surface area (Å²) >= 11 is 0. The second kappa shape index (κ2) is 83.8. The minimum Gasteiger partial charge on any atom is -0.463 e. The third-order valence-corrected chi connectivity index (χ3v) is 19.2. The number of hydrogen-bond donors (Lipinski definition) is 4. The van der Waals surface area contributed by atoms with E-state index in [-0.39, 0.29) is 19.3 Å². The first-order chi connectivity index (χ1) is 54.2. The van der Waals surface area contributed by atoms with Crippen molar-refractivity contribution in [1.29, 1.82) is 0 Å². The van der Waals surface area contributed by atoms with Crippen LogP contribution in [-0.2, 0) is 55.8 Å². The van der Waals surface area contributed by atoms with E-state index < -0.39 is 91.5 Å². The lowest BCUT2D eigenvalue weighted by Gasteiger charge is -2.21. The Bertz CT molecular complexity index is 2800. The molecule has 0 aromatic carbocycles. The van der Waals surface area contributed by atoms with Gasteiger partial charge in [0.1, 0.15) is 25.4 Å². The maximum absolute atomic E-state index is 13.0. The smallest absolute Gasteiger partial charge is 0.463 e. The van der Waals surface area contributed by atoms with Crippen molar-refractivity contribution in [2.45, 2.75) is 334 Å². The molecule has 0 saturated carbocycles. The fourth-order valence-corrected chi connectivity index (χ4v) is 12.5. The topological polar surface area (TPSA) is 231 Å². The molecule has 0 radical (unpaired) electrons. The van der Waals surface area contributed by atoms with Gasteiger partial charge in [-0.3, -0.25) is 32.5 Å². The monoisotopic (exact) mass is 1590 g/mol. The van der Waals surface area contributed by atoms with Crippen LogP contribution in [0.15, 0.2) is 194 Å². The van der Waals surface area contributed by atoms with E-state index in [0.29, 0.717) is 25.7 Å². The van der Waals surface area contributed by atoms with Gasteiger partial charge >= 0.3 is 33.6 Å². The van der Waals surface area contributed by atoms with Crippen molar-refractivity contribution in [3.8, 4) is 0 Å². The number of allylic oxidation sites excluding steroid dienone is 32. The molecule has 5 unspecified atom stereocenters. The molecule has 4 N–H and O–H groups in total. The van der Waals surface area contributed by atoms with Crippen LogP contribution in [0.3, 0.4) is 0 Å². The highest BCUT2D eigenvalue weighted by Crippen LogP contribution is 2.45. The molecule has 0 spiro atoms. The summed E-state index contributed by atoms with van der Waals surface area (Å²) in [5.41, 5.74) is 0. The third-order valence-electron chi connectivity index (χ3n) is 17.3. The minimum atomic E-state index is -4.97. The van der Waals surface area contributed by atoms with Crippen molar-refractivity contribution in [2.75, 3.05) is 39.6 Å². The lowest BCUT2D eigenvalue weighted by Crippen LogP contribution is -2.29. The molecule has 0 amide bonds. The van der Waals surface area contributed by atoms with Gasteiger partial charge in [0.15, 0.2) is 6.10 Å². The van der Waals surface area contributed by atoms with E-state index in [1.165, 1.54) is 128 Å². The molecule has 5 atom stereocenters. The van der Waals surface area contributed by atoms with Crippen LogP contribution in [0, 0.1) is 0 Å². The first-order valence-electron chi connectivity index (χ1n) is 42.7. The van der Waals surface area contributed by atoms with E-state index in [9.17, 15) is 43.5 Å². The summed E-state index contributed by atoms with van der Waals surface area (Å²) in [7, 11) is -9.85. The van der Waals surface area contributed by atoms with Crippen LogP contribution in [-0.4, -0.2) is 95.9 Å². The van der Waals surface area contributed by atoms with E-state index in [1.807, 2.05) is 18.2 Å². The fraction of sp³-hybridized carbons (Fsp3) is 0.624. The summed E-state index contributed by atoms with van der Waals surface area (Å²) in [5, 5.41) is 20.7. The van der Waals surface area contributed by atoms with Gasteiger partial charge < -0.3 is 34.2 Å². The summed E-state index contributed by atoms with van der Waals surface area (Å²) in [6.07, 6.45) is 111. The molecule has 0 aromatic rings.